The second-order valence-corrected chi connectivity index (χ2v) is 5.28. The van der Waals surface area contributed by atoms with Crippen molar-refractivity contribution < 1.29 is 0 Å². The lowest BCUT2D eigenvalue weighted by Gasteiger charge is -2.45. The summed E-state index contributed by atoms with van der Waals surface area (Å²) in [7, 11) is 0. The van der Waals surface area contributed by atoms with E-state index >= 15 is 0 Å². The topological polar surface area (TPSA) is 52.0 Å². The summed E-state index contributed by atoms with van der Waals surface area (Å²) in [6.45, 7) is 7.62. The average Bonchev–Trinajstić information content (AvgIpc) is 2.02. The predicted molar refractivity (Wildman–Crippen MR) is 57.3 cm³/mol. The normalized spacial score (nSPS) is 35.8. The van der Waals surface area contributed by atoms with Crippen LogP contribution in [0.25, 0.3) is 0 Å². The van der Waals surface area contributed by atoms with Crippen molar-refractivity contribution in [2.45, 2.75) is 46.1 Å². The van der Waals surface area contributed by atoms with Crippen molar-refractivity contribution in [3.05, 3.63) is 0 Å². The zero-order valence-electron chi connectivity index (χ0n) is 9.22. The summed E-state index contributed by atoms with van der Waals surface area (Å²) in [5.74, 6) is 1.34. The molecule has 0 bridgehead atoms. The first-order valence-electron chi connectivity index (χ1n) is 5.44. The molecular weight excluding hydrogens is 160 g/mol. The highest BCUT2D eigenvalue weighted by Gasteiger charge is 2.39. The van der Waals surface area contributed by atoms with Crippen molar-refractivity contribution in [2.75, 3.05) is 6.54 Å². The largest absolute Gasteiger partial charge is 0.329 e. The van der Waals surface area contributed by atoms with E-state index in [1.807, 2.05) is 0 Å². The molecule has 0 aromatic rings. The first kappa shape index (κ1) is 11.0. The molecule has 4 N–H and O–H groups in total. The van der Waals surface area contributed by atoms with Crippen LogP contribution in [0.15, 0.2) is 0 Å². The van der Waals surface area contributed by atoms with E-state index in [9.17, 15) is 0 Å². The molecule has 3 unspecified atom stereocenters. The van der Waals surface area contributed by atoms with E-state index in [2.05, 4.69) is 20.8 Å². The Labute approximate surface area is 82.1 Å². The van der Waals surface area contributed by atoms with Crippen LogP contribution in [0.5, 0.6) is 0 Å². The molecule has 2 nitrogen and oxygen atoms in total. The van der Waals surface area contributed by atoms with Crippen LogP contribution in [0, 0.1) is 17.3 Å². The third kappa shape index (κ3) is 2.23. The standard InChI is InChI=1S/C11H24N2/c1-8-5-4-6-11(2,3)10(8)9(13)7-12/h8-10H,4-7,12-13H2,1-3H3. The molecule has 3 atom stereocenters. The fourth-order valence-electron chi connectivity index (χ4n) is 3.14. The molecule has 0 aromatic heterocycles. The van der Waals surface area contributed by atoms with E-state index in [0.717, 1.165) is 5.92 Å². The van der Waals surface area contributed by atoms with Gasteiger partial charge in [-0.15, -0.1) is 0 Å². The van der Waals surface area contributed by atoms with Gasteiger partial charge in [-0.05, 0) is 23.7 Å². The quantitative estimate of drug-likeness (QED) is 0.687. The minimum absolute atomic E-state index is 0.185. The van der Waals surface area contributed by atoms with Gasteiger partial charge in [-0.2, -0.15) is 0 Å². The lowest BCUT2D eigenvalue weighted by molar-refractivity contribution is 0.0639. The van der Waals surface area contributed by atoms with E-state index in [1.165, 1.54) is 19.3 Å². The summed E-state index contributed by atoms with van der Waals surface area (Å²) in [6.07, 6.45) is 3.97. The van der Waals surface area contributed by atoms with Gasteiger partial charge in [0.25, 0.3) is 0 Å². The maximum Gasteiger partial charge on any atom is 0.0199 e. The van der Waals surface area contributed by atoms with Gasteiger partial charge in [0.05, 0.1) is 0 Å². The lowest BCUT2D eigenvalue weighted by atomic mass is 9.61. The molecule has 1 saturated carbocycles. The average molecular weight is 184 g/mol. The van der Waals surface area contributed by atoms with E-state index in [0.29, 0.717) is 17.9 Å². The molecule has 1 fully saturated rings. The highest BCUT2D eigenvalue weighted by Crippen LogP contribution is 2.44. The summed E-state index contributed by atoms with van der Waals surface area (Å²) in [5.41, 5.74) is 12.1. The van der Waals surface area contributed by atoms with Crippen LogP contribution >= 0.6 is 0 Å². The molecule has 0 aromatic carbocycles. The molecule has 0 heterocycles. The van der Waals surface area contributed by atoms with Crippen molar-refractivity contribution in [2.24, 2.45) is 28.7 Å². The molecule has 1 rings (SSSR count). The molecule has 78 valence electrons. The maximum atomic E-state index is 6.09. The van der Waals surface area contributed by atoms with Crippen molar-refractivity contribution >= 4 is 0 Å². The van der Waals surface area contributed by atoms with E-state index in [1.54, 1.807) is 0 Å². The van der Waals surface area contributed by atoms with Gasteiger partial charge in [0.15, 0.2) is 0 Å². The highest BCUT2D eigenvalue weighted by molar-refractivity contribution is 4.92. The van der Waals surface area contributed by atoms with E-state index in [4.69, 9.17) is 11.5 Å². The Morgan fingerprint density at radius 1 is 1.46 bits per heavy atom. The van der Waals surface area contributed by atoms with Gasteiger partial charge in [0, 0.05) is 12.6 Å². The molecular formula is C11H24N2. The molecule has 1 aliphatic carbocycles. The monoisotopic (exact) mass is 184 g/mol. The van der Waals surface area contributed by atoms with Gasteiger partial charge in [-0.3, -0.25) is 0 Å². The van der Waals surface area contributed by atoms with Crippen LogP contribution in [-0.4, -0.2) is 12.6 Å². The molecule has 0 saturated heterocycles. The molecule has 0 radical (unpaired) electrons. The number of hydrogen-bond donors (Lipinski definition) is 2. The van der Waals surface area contributed by atoms with Gasteiger partial charge < -0.3 is 11.5 Å². The number of hydrogen-bond acceptors (Lipinski definition) is 2. The minimum atomic E-state index is 0.185. The molecule has 0 aliphatic heterocycles. The molecule has 2 heteroatoms. The fraction of sp³-hybridized carbons (Fsp3) is 1.00. The van der Waals surface area contributed by atoms with Crippen LogP contribution in [0.2, 0.25) is 0 Å². The minimum Gasteiger partial charge on any atom is -0.329 e. The van der Waals surface area contributed by atoms with Crippen molar-refractivity contribution in [3.63, 3.8) is 0 Å². The smallest absolute Gasteiger partial charge is 0.0199 e. The van der Waals surface area contributed by atoms with Crippen LogP contribution in [0.3, 0.4) is 0 Å². The Morgan fingerprint density at radius 3 is 2.54 bits per heavy atom. The third-order valence-corrected chi connectivity index (χ3v) is 3.73. The Hall–Kier alpha value is -0.0800. The first-order valence-corrected chi connectivity index (χ1v) is 5.44. The Bertz CT molecular complexity index is 161. The summed E-state index contributed by atoms with van der Waals surface area (Å²) < 4.78 is 0. The van der Waals surface area contributed by atoms with Gasteiger partial charge in [-0.1, -0.05) is 33.6 Å². The van der Waals surface area contributed by atoms with E-state index < -0.39 is 0 Å². The molecule has 1 aliphatic rings. The lowest BCUT2D eigenvalue weighted by Crippen LogP contribution is -2.49. The Morgan fingerprint density at radius 2 is 2.08 bits per heavy atom. The number of rotatable bonds is 2. The third-order valence-electron chi connectivity index (χ3n) is 3.73. The first-order chi connectivity index (χ1) is 5.99. The molecule has 0 amide bonds. The summed E-state index contributed by atoms with van der Waals surface area (Å²) >= 11 is 0. The number of nitrogens with two attached hydrogens (primary N) is 2. The van der Waals surface area contributed by atoms with Crippen molar-refractivity contribution in [1.82, 2.24) is 0 Å². The van der Waals surface area contributed by atoms with Gasteiger partial charge in [0.1, 0.15) is 0 Å². The maximum absolute atomic E-state index is 6.09. The summed E-state index contributed by atoms with van der Waals surface area (Å²) in [4.78, 5) is 0. The second-order valence-electron chi connectivity index (χ2n) is 5.28. The van der Waals surface area contributed by atoms with Gasteiger partial charge >= 0.3 is 0 Å². The second kappa shape index (κ2) is 3.97. The van der Waals surface area contributed by atoms with Crippen LogP contribution < -0.4 is 11.5 Å². The Kier molecular flexibility index (Phi) is 3.36. The highest BCUT2D eigenvalue weighted by atomic mass is 14.7. The summed E-state index contributed by atoms with van der Waals surface area (Å²) in [6, 6.07) is 0.185. The molecule has 0 spiro atoms. The fourth-order valence-corrected chi connectivity index (χ4v) is 3.14. The van der Waals surface area contributed by atoms with Crippen LogP contribution in [-0.2, 0) is 0 Å². The van der Waals surface area contributed by atoms with Crippen molar-refractivity contribution in [1.29, 1.82) is 0 Å². The predicted octanol–water partition coefficient (Wildman–Crippen LogP) is 1.73. The SMILES string of the molecule is CC1CCCC(C)(C)C1C(N)CN. The Balaban J connectivity index is 2.74. The molecule has 13 heavy (non-hydrogen) atoms. The zero-order chi connectivity index (χ0) is 10.1. The summed E-state index contributed by atoms with van der Waals surface area (Å²) in [5, 5.41) is 0. The van der Waals surface area contributed by atoms with Crippen LogP contribution in [0.4, 0.5) is 0 Å². The van der Waals surface area contributed by atoms with Crippen LogP contribution in [0.1, 0.15) is 40.0 Å². The zero-order valence-corrected chi connectivity index (χ0v) is 9.22. The van der Waals surface area contributed by atoms with Gasteiger partial charge in [-0.25, -0.2) is 0 Å². The van der Waals surface area contributed by atoms with E-state index in [-0.39, 0.29) is 6.04 Å². The van der Waals surface area contributed by atoms with Gasteiger partial charge in [0.2, 0.25) is 0 Å². The van der Waals surface area contributed by atoms with Crippen molar-refractivity contribution in [3.8, 4) is 0 Å².